The van der Waals surface area contributed by atoms with Gasteiger partial charge in [0.25, 0.3) is 0 Å². The van der Waals surface area contributed by atoms with E-state index < -0.39 is 12.0 Å². The van der Waals surface area contributed by atoms with Crippen molar-refractivity contribution in [3.8, 4) is 0 Å². The first-order valence-electron chi connectivity index (χ1n) is 3.71. The summed E-state index contributed by atoms with van der Waals surface area (Å²) in [4.78, 5) is 21.4. The van der Waals surface area contributed by atoms with E-state index in [0.29, 0.717) is 6.42 Å². The van der Waals surface area contributed by atoms with Crippen LogP contribution in [0.2, 0.25) is 0 Å². The van der Waals surface area contributed by atoms with Crippen LogP contribution in [0.1, 0.15) is 19.8 Å². The zero-order valence-electron chi connectivity index (χ0n) is 7.24. The third-order valence-corrected chi connectivity index (χ3v) is 1.56. The maximum absolute atomic E-state index is 10.6. The number of amides is 1. The Labute approximate surface area is 81.3 Å². The number of hydrogen-bond donors (Lipinski definition) is 3. The molecule has 0 heterocycles. The van der Waals surface area contributed by atoms with Crippen LogP contribution in [0.4, 0.5) is 0 Å². The highest BCUT2D eigenvalue weighted by molar-refractivity contribution is 7.80. The SMILES string of the molecule is CC(=O)NC(CCC(N)=S)C(=O)O. The highest BCUT2D eigenvalue weighted by Crippen LogP contribution is 1.97. The Balaban J connectivity index is 4.02. The molecule has 1 atom stereocenters. The third kappa shape index (κ3) is 6.03. The number of carboxylic acids is 1. The van der Waals surface area contributed by atoms with Crippen LogP contribution >= 0.6 is 12.2 Å². The first-order valence-corrected chi connectivity index (χ1v) is 4.12. The second-order valence-electron chi connectivity index (χ2n) is 2.60. The van der Waals surface area contributed by atoms with Gasteiger partial charge >= 0.3 is 5.97 Å². The molecule has 0 saturated carbocycles. The summed E-state index contributed by atoms with van der Waals surface area (Å²) in [6.45, 7) is 1.26. The summed E-state index contributed by atoms with van der Waals surface area (Å²) in [5, 5.41) is 10.9. The van der Waals surface area contributed by atoms with Crippen molar-refractivity contribution >= 4 is 29.1 Å². The summed E-state index contributed by atoms with van der Waals surface area (Å²) in [5.74, 6) is -1.46. The van der Waals surface area contributed by atoms with Crippen molar-refractivity contribution in [3.05, 3.63) is 0 Å². The predicted molar refractivity (Wildman–Crippen MR) is 51.3 cm³/mol. The fraction of sp³-hybridized carbons (Fsp3) is 0.571. The molecule has 4 N–H and O–H groups in total. The lowest BCUT2D eigenvalue weighted by atomic mass is 10.1. The standard InChI is InChI=1S/C7H12N2O3S/c1-4(10)9-5(7(11)12)2-3-6(8)13/h5H,2-3H2,1H3,(H2,8,13)(H,9,10)(H,11,12). The van der Waals surface area contributed by atoms with E-state index in [1.807, 2.05) is 0 Å². The molecule has 0 rings (SSSR count). The van der Waals surface area contributed by atoms with Gasteiger partial charge in [-0.2, -0.15) is 0 Å². The molecule has 0 spiro atoms. The van der Waals surface area contributed by atoms with Gasteiger partial charge in [-0.25, -0.2) is 4.79 Å². The molecule has 13 heavy (non-hydrogen) atoms. The number of carboxylic acid groups (broad SMARTS) is 1. The first kappa shape index (κ1) is 11.8. The summed E-state index contributed by atoms with van der Waals surface area (Å²) in [6, 6.07) is -0.904. The predicted octanol–water partition coefficient (Wildman–Crippen LogP) is -0.358. The van der Waals surface area contributed by atoms with Crippen LogP contribution in [0.5, 0.6) is 0 Å². The minimum Gasteiger partial charge on any atom is -0.480 e. The van der Waals surface area contributed by atoms with Gasteiger partial charge in [0.15, 0.2) is 0 Å². The molecule has 1 amide bonds. The van der Waals surface area contributed by atoms with Gasteiger partial charge < -0.3 is 16.2 Å². The molecule has 0 aliphatic heterocycles. The van der Waals surface area contributed by atoms with Gasteiger partial charge in [0.2, 0.25) is 5.91 Å². The van der Waals surface area contributed by atoms with Crippen LogP contribution in [-0.4, -0.2) is 28.0 Å². The largest absolute Gasteiger partial charge is 0.480 e. The minimum absolute atomic E-state index is 0.226. The summed E-state index contributed by atoms with van der Waals surface area (Å²) >= 11 is 4.59. The van der Waals surface area contributed by atoms with Gasteiger partial charge in [0.1, 0.15) is 6.04 Å². The molecular weight excluding hydrogens is 192 g/mol. The maximum Gasteiger partial charge on any atom is 0.326 e. The number of nitrogens with one attached hydrogen (secondary N) is 1. The highest BCUT2D eigenvalue weighted by atomic mass is 32.1. The van der Waals surface area contributed by atoms with Gasteiger partial charge in [-0.15, -0.1) is 0 Å². The third-order valence-electron chi connectivity index (χ3n) is 1.36. The zero-order chi connectivity index (χ0) is 10.4. The van der Waals surface area contributed by atoms with Crippen molar-refractivity contribution in [2.24, 2.45) is 5.73 Å². The van der Waals surface area contributed by atoms with Gasteiger partial charge in [-0.3, -0.25) is 4.79 Å². The molecular formula is C7H12N2O3S. The van der Waals surface area contributed by atoms with E-state index >= 15 is 0 Å². The minimum atomic E-state index is -1.08. The summed E-state index contributed by atoms with van der Waals surface area (Å²) in [7, 11) is 0. The topological polar surface area (TPSA) is 92.4 Å². The molecule has 0 aromatic heterocycles. The Morgan fingerprint density at radius 3 is 2.46 bits per heavy atom. The molecule has 1 unspecified atom stereocenters. The molecule has 0 aromatic carbocycles. The zero-order valence-corrected chi connectivity index (χ0v) is 8.06. The smallest absolute Gasteiger partial charge is 0.326 e. The lowest BCUT2D eigenvalue weighted by Crippen LogP contribution is -2.40. The Morgan fingerprint density at radius 2 is 2.15 bits per heavy atom. The van der Waals surface area contributed by atoms with Gasteiger partial charge in [0, 0.05) is 13.3 Å². The number of carbonyl (C=O) groups is 2. The van der Waals surface area contributed by atoms with Crippen LogP contribution in [0.25, 0.3) is 0 Å². The van der Waals surface area contributed by atoms with Crippen molar-refractivity contribution in [1.82, 2.24) is 5.32 Å². The molecule has 0 saturated heterocycles. The number of nitrogens with two attached hydrogens (primary N) is 1. The molecule has 0 aromatic rings. The number of aliphatic carboxylic acids is 1. The monoisotopic (exact) mass is 204 g/mol. The van der Waals surface area contributed by atoms with E-state index in [1.165, 1.54) is 6.92 Å². The summed E-state index contributed by atoms with van der Waals surface area (Å²) in [6.07, 6.45) is 0.539. The molecule has 0 aliphatic carbocycles. The molecule has 0 fully saturated rings. The average Bonchev–Trinajstić information content (AvgIpc) is 1.96. The van der Waals surface area contributed by atoms with Gasteiger partial charge in [-0.1, -0.05) is 12.2 Å². The summed E-state index contributed by atoms with van der Waals surface area (Å²) < 4.78 is 0. The van der Waals surface area contributed by atoms with Crippen molar-refractivity contribution in [2.45, 2.75) is 25.8 Å². The fourth-order valence-corrected chi connectivity index (χ4v) is 0.907. The lowest BCUT2D eigenvalue weighted by Gasteiger charge is -2.11. The molecule has 74 valence electrons. The van der Waals surface area contributed by atoms with E-state index in [2.05, 4.69) is 17.5 Å². The summed E-state index contributed by atoms with van der Waals surface area (Å²) in [5.41, 5.74) is 5.20. The normalized spacial score (nSPS) is 11.8. The quantitative estimate of drug-likeness (QED) is 0.532. The van der Waals surface area contributed by atoms with E-state index in [1.54, 1.807) is 0 Å². The number of rotatable bonds is 5. The van der Waals surface area contributed by atoms with Crippen molar-refractivity contribution in [3.63, 3.8) is 0 Å². The maximum atomic E-state index is 10.6. The Morgan fingerprint density at radius 1 is 1.62 bits per heavy atom. The van der Waals surface area contributed by atoms with Crippen molar-refractivity contribution in [2.75, 3.05) is 0 Å². The van der Waals surface area contributed by atoms with Crippen molar-refractivity contribution in [1.29, 1.82) is 0 Å². The number of thiocarbonyl (C=S) groups is 1. The van der Waals surface area contributed by atoms with Gasteiger partial charge in [-0.05, 0) is 6.42 Å². The van der Waals surface area contributed by atoms with E-state index in [-0.39, 0.29) is 17.3 Å². The highest BCUT2D eigenvalue weighted by Gasteiger charge is 2.17. The average molecular weight is 204 g/mol. The Hall–Kier alpha value is -1.17. The molecule has 0 bridgehead atoms. The molecule has 0 radical (unpaired) electrons. The van der Waals surface area contributed by atoms with Gasteiger partial charge in [0.05, 0.1) is 4.99 Å². The first-order chi connectivity index (χ1) is 5.93. The van der Waals surface area contributed by atoms with Crippen LogP contribution < -0.4 is 11.1 Å². The van der Waals surface area contributed by atoms with Crippen molar-refractivity contribution < 1.29 is 14.7 Å². The second-order valence-corrected chi connectivity index (χ2v) is 3.12. The lowest BCUT2D eigenvalue weighted by molar-refractivity contribution is -0.141. The van der Waals surface area contributed by atoms with E-state index in [9.17, 15) is 9.59 Å². The van der Waals surface area contributed by atoms with E-state index in [4.69, 9.17) is 10.8 Å². The second kappa shape index (κ2) is 5.47. The number of hydrogen-bond acceptors (Lipinski definition) is 3. The molecule has 5 nitrogen and oxygen atoms in total. The van der Waals surface area contributed by atoms with Crippen LogP contribution in [-0.2, 0) is 9.59 Å². The fourth-order valence-electron chi connectivity index (χ4n) is 0.789. The Kier molecular flexibility index (Phi) is 4.98. The van der Waals surface area contributed by atoms with Crippen LogP contribution in [0.15, 0.2) is 0 Å². The van der Waals surface area contributed by atoms with Crippen LogP contribution in [0, 0.1) is 0 Å². The van der Waals surface area contributed by atoms with E-state index in [0.717, 1.165) is 0 Å². The van der Waals surface area contributed by atoms with Crippen LogP contribution in [0.3, 0.4) is 0 Å². The molecule has 6 heteroatoms. The number of carbonyl (C=O) groups excluding carboxylic acids is 1. The molecule has 0 aliphatic rings. The Bertz CT molecular complexity index is 230.